The monoisotopic (exact) mass is 927 g/mol. The van der Waals surface area contributed by atoms with Gasteiger partial charge in [-0.2, -0.15) is 0 Å². The van der Waals surface area contributed by atoms with Crippen LogP contribution < -0.4 is 0 Å². The van der Waals surface area contributed by atoms with Crippen LogP contribution in [0.25, 0.3) is 0 Å². The maximum absolute atomic E-state index is 12.8. The van der Waals surface area contributed by atoms with Crippen LogP contribution in [0.15, 0.2) is 36.5 Å². The summed E-state index contributed by atoms with van der Waals surface area (Å²) in [6, 6.07) is 0. The molecule has 6 nitrogen and oxygen atoms in total. The summed E-state index contributed by atoms with van der Waals surface area (Å²) in [5.41, 5.74) is 0. The number of allylic oxidation sites excluding steroid dienone is 6. The number of hydrogen-bond acceptors (Lipinski definition) is 6. The van der Waals surface area contributed by atoms with Crippen LogP contribution in [-0.4, -0.2) is 37.2 Å². The fraction of sp³-hybridized carbons (Fsp3) is 0.850. The first-order valence-electron chi connectivity index (χ1n) is 29.0. The molecule has 0 N–H and O–H groups in total. The molecular weight excluding hydrogens is 817 g/mol. The lowest BCUT2D eigenvalue weighted by molar-refractivity contribution is -0.167. The molecule has 0 fully saturated rings. The van der Waals surface area contributed by atoms with E-state index >= 15 is 0 Å². The van der Waals surface area contributed by atoms with E-state index in [1.165, 1.54) is 205 Å². The Kier molecular flexibility index (Phi) is 53.2. The molecule has 0 aromatic heterocycles. The molecule has 0 aromatic rings. The Balaban J connectivity index is 4.11. The van der Waals surface area contributed by atoms with Crippen molar-refractivity contribution in [2.24, 2.45) is 0 Å². The van der Waals surface area contributed by atoms with Gasteiger partial charge in [-0.1, -0.05) is 250 Å². The number of carbonyl (C=O) groups excluding carboxylic acids is 3. The fourth-order valence-electron chi connectivity index (χ4n) is 8.47. The van der Waals surface area contributed by atoms with E-state index in [4.69, 9.17) is 14.2 Å². The summed E-state index contributed by atoms with van der Waals surface area (Å²) in [5.74, 6) is -0.872. The molecule has 0 heterocycles. The highest BCUT2D eigenvalue weighted by molar-refractivity contribution is 5.71. The number of esters is 3. The molecule has 386 valence electrons. The molecule has 6 heteroatoms. The Morgan fingerprint density at radius 1 is 0.303 bits per heavy atom. The van der Waals surface area contributed by atoms with Gasteiger partial charge in [0, 0.05) is 19.3 Å². The average Bonchev–Trinajstić information content (AvgIpc) is 3.31. The highest BCUT2D eigenvalue weighted by atomic mass is 16.6. The minimum atomic E-state index is -0.770. The van der Waals surface area contributed by atoms with Gasteiger partial charge in [-0.25, -0.2) is 0 Å². The largest absolute Gasteiger partial charge is 0.462 e. The number of hydrogen-bond donors (Lipinski definition) is 0. The van der Waals surface area contributed by atoms with E-state index in [1.807, 2.05) is 0 Å². The van der Waals surface area contributed by atoms with E-state index in [0.717, 1.165) is 64.2 Å². The van der Waals surface area contributed by atoms with E-state index in [2.05, 4.69) is 57.2 Å². The third kappa shape index (κ3) is 52.6. The molecule has 0 aliphatic rings. The van der Waals surface area contributed by atoms with Crippen LogP contribution in [0.1, 0.15) is 310 Å². The highest BCUT2D eigenvalue weighted by Gasteiger charge is 2.19. The number of ether oxygens (including phenoxy) is 3. The van der Waals surface area contributed by atoms with Gasteiger partial charge in [0.15, 0.2) is 6.10 Å². The molecule has 0 aromatic carbocycles. The summed E-state index contributed by atoms with van der Waals surface area (Å²) in [6.07, 6.45) is 66.0. The maximum Gasteiger partial charge on any atom is 0.306 e. The maximum atomic E-state index is 12.8. The van der Waals surface area contributed by atoms with Crippen molar-refractivity contribution in [2.75, 3.05) is 13.2 Å². The minimum Gasteiger partial charge on any atom is -0.462 e. The lowest BCUT2D eigenvalue weighted by atomic mass is 10.0. The van der Waals surface area contributed by atoms with Crippen molar-refractivity contribution in [1.82, 2.24) is 0 Å². The Morgan fingerprint density at radius 3 is 0.879 bits per heavy atom. The predicted octanol–water partition coefficient (Wildman–Crippen LogP) is 19.3. The van der Waals surface area contributed by atoms with E-state index in [1.54, 1.807) is 0 Å². The second kappa shape index (κ2) is 55.2. The van der Waals surface area contributed by atoms with E-state index in [-0.39, 0.29) is 31.1 Å². The average molecular weight is 928 g/mol. The van der Waals surface area contributed by atoms with Crippen LogP contribution in [0, 0.1) is 0 Å². The Labute approximate surface area is 410 Å². The Morgan fingerprint density at radius 2 is 0.545 bits per heavy atom. The number of carbonyl (C=O) groups is 3. The van der Waals surface area contributed by atoms with Gasteiger partial charge in [0.2, 0.25) is 0 Å². The molecule has 1 atom stereocenters. The van der Waals surface area contributed by atoms with Crippen molar-refractivity contribution >= 4 is 17.9 Å². The summed E-state index contributed by atoms with van der Waals surface area (Å²) in [6.45, 7) is 6.59. The molecule has 0 aliphatic carbocycles. The summed E-state index contributed by atoms with van der Waals surface area (Å²) >= 11 is 0. The fourth-order valence-corrected chi connectivity index (χ4v) is 8.47. The molecule has 66 heavy (non-hydrogen) atoms. The van der Waals surface area contributed by atoms with Crippen molar-refractivity contribution in [3.05, 3.63) is 36.5 Å². The van der Waals surface area contributed by atoms with Gasteiger partial charge in [-0.15, -0.1) is 0 Å². The highest BCUT2D eigenvalue weighted by Crippen LogP contribution is 2.16. The summed E-state index contributed by atoms with van der Waals surface area (Å²) in [5, 5.41) is 0. The van der Waals surface area contributed by atoms with Crippen molar-refractivity contribution in [2.45, 2.75) is 316 Å². The standard InChI is InChI=1S/C60H110O6/c1-4-7-10-13-16-18-20-22-24-26-28-29-30-31-33-34-36-38-40-42-44-47-50-53-59(62)65-56-57(55-64-58(61)52-49-46-15-12-9-6-3)66-60(63)54-51-48-45-43-41-39-37-35-32-27-25-23-21-19-17-14-11-8-5-2/h17,19,23,25-26,28,57H,4-16,18,20-22,24,27,29-56H2,1-3H3/b19-17-,25-23-,28-26-. The van der Waals surface area contributed by atoms with Crippen LogP contribution >= 0.6 is 0 Å². The molecule has 0 saturated heterocycles. The number of rotatable bonds is 53. The molecule has 0 rings (SSSR count). The minimum absolute atomic E-state index is 0.0717. The van der Waals surface area contributed by atoms with Gasteiger partial charge in [0.05, 0.1) is 0 Å². The van der Waals surface area contributed by atoms with E-state index < -0.39 is 6.10 Å². The molecule has 0 aliphatic heterocycles. The molecule has 0 amide bonds. The first-order valence-corrected chi connectivity index (χ1v) is 29.0. The SMILES string of the molecule is CCCCC/C=C\C/C=C\CCCCCCCCCCCC(=O)OC(COC(=O)CCCCCCCC)COC(=O)CCCCCCCCCCCCC/C=C\CCCCCCCCCC. The zero-order valence-corrected chi connectivity index (χ0v) is 44.2. The first-order chi connectivity index (χ1) is 32.5. The van der Waals surface area contributed by atoms with E-state index in [0.29, 0.717) is 19.3 Å². The smallest absolute Gasteiger partial charge is 0.306 e. The molecular formula is C60H110O6. The van der Waals surface area contributed by atoms with Crippen molar-refractivity contribution < 1.29 is 28.6 Å². The van der Waals surface area contributed by atoms with Gasteiger partial charge >= 0.3 is 17.9 Å². The third-order valence-electron chi connectivity index (χ3n) is 12.9. The molecule has 1 unspecified atom stereocenters. The van der Waals surface area contributed by atoms with Crippen LogP contribution in [0.2, 0.25) is 0 Å². The van der Waals surface area contributed by atoms with Crippen LogP contribution in [0.5, 0.6) is 0 Å². The predicted molar refractivity (Wildman–Crippen MR) is 284 cm³/mol. The zero-order valence-electron chi connectivity index (χ0n) is 44.2. The van der Waals surface area contributed by atoms with Crippen molar-refractivity contribution in [3.63, 3.8) is 0 Å². The lowest BCUT2D eigenvalue weighted by Crippen LogP contribution is -2.30. The Hall–Kier alpha value is -2.37. The van der Waals surface area contributed by atoms with Crippen LogP contribution in [-0.2, 0) is 28.6 Å². The third-order valence-corrected chi connectivity index (χ3v) is 12.9. The molecule has 0 saturated carbocycles. The van der Waals surface area contributed by atoms with Crippen LogP contribution in [0.3, 0.4) is 0 Å². The lowest BCUT2D eigenvalue weighted by Gasteiger charge is -2.18. The zero-order chi connectivity index (χ0) is 47.9. The molecule has 0 radical (unpaired) electrons. The van der Waals surface area contributed by atoms with Crippen molar-refractivity contribution in [3.8, 4) is 0 Å². The second-order valence-corrected chi connectivity index (χ2v) is 19.6. The van der Waals surface area contributed by atoms with Crippen molar-refractivity contribution in [1.29, 1.82) is 0 Å². The van der Waals surface area contributed by atoms with Gasteiger partial charge < -0.3 is 14.2 Å². The summed E-state index contributed by atoms with van der Waals surface area (Å²) in [7, 11) is 0. The summed E-state index contributed by atoms with van der Waals surface area (Å²) < 4.78 is 16.8. The second-order valence-electron chi connectivity index (χ2n) is 19.6. The molecule has 0 spiro atoms. The normalized spacial score (nSPS) is 12.2. The number of unbranched alkanes of at least 4 members (excludes halogenated alkanes) is 36. The van der Waals surface area contributed by atoms with Gasteiger partial charge in [-0.05, 0) is 77.0 Å². The quantitative estimate of drug-likeness (QED) is 0.0262. The topological polar surface area (TPSA) is 78.9 Å². The van der Waals surface area contributed by atoms with Gasteiger partial charge in [0.25, 0.3) is 0 Å². The van der Waals surface area contributed by atoms with Crippen LogP contribution in [0.4, 0.5) is 0 Å². The van der Waals surface area contributed by atoms with Gasteiger partial charge in [0.1, 0.15) is 13.2 Å². The Bertz CT molecular complexity index is 1110. The van der Waals surface area contributed by atoms with E-state index in [9.17, 15) is 14.4 Å². The van der Waals surface area contributed by atoms with Gasteiger partial charge in [-0.3, -0.25) is 14.4 Å². The first kappa shape index (κ1) is 63.6. The summed E-state index contributed by atoms with van der Waals surface area (Å²) in [4.78, 5) is 37.9. The molecule has 0 bridgehead atoms.